The highest BCUT2D eigenvalue weighted by Crippen LogP contribution is 2.09. The first-order chi connectivity index (χ1) is 9.58. The third-order valence-electron chi connectivity index (χ3n) is 3.54. The zero-order chi connectivity index (χ0) is 14.8. The number of unbranched alkanes of at least 4 members (excludes halogenated alkanes) is 2. The topological polar surface area (TPSA) is 29.1 Å². The first-order valence-electron chi connectivity index (χ1n) is 7.90. The second kappa shape index (κ2) is 9.57. The Morgan fingerprint density at radius 3 is 2.45 bits per heavy atom. The van der Waals surface area contributed by atoms with Crippen molar-refractivity contribution in [1.29, 1.82) is 0 Å². The minimum atomic E-state index is 0.196. The fourth-order valence-corrected chi connectivity index (χ4v) is 2.20. The van der Waals surface area contributed by atoms with Crippen LogP contribution in [-0.4, -0.2) is 12.5 Å². The molecule has 1 aromatic carbocycles. The first-order valence-corrected chi connectivity index (χ1v) is 7.90. The van der Waals surface area contributed by atoms with Crippen molar-refractivity contribution < 1.29 is 4.79 Å². The molecule has 0 aliphatic carbocycles. The number of carbonyl (C=O) groups is 1. The number of nitrogens with one attached hydrogen (secondary N) is 1. The molecule has 0 heterocycles. The third-order valence-corrected chi connectivity index (χ3v) is 3.54. The Morgan fingerprint density at radius 2 is 1.80 bits per heavy atom. The van der Waals surface area contributed by atoms with E-state index in [1.807, 2.05) is 0 Å². The van der Waals surface area contributed by atoms with Gasteiger partial charge in [-0.3, -0.25) is 4.79 Å². The van der Waals surface area contributed by atoms with Gasteiger partial charge in [0, 0.05) is 13.0 Å². The van der Waals surface area contributed by atoms with Gasteiger partial charge in [0.2, 0.25) is 5.91 Å². The molecule has 0 spiro atoms. The predicted octanol–water partition coefficient (Wildman–Crippen LogP) is 4.26. The molecule has 0 atom stereocenters. The Labute approximate surface area is 124 Å². The van der Waals surface area contributed by atoms with E-state index in [2.05, 4.69) is 50.4 Å². The summed E-state index contributed by atoms with van der Waals surface area (Å²) in [6, 6.07) is 8.50. The second-order valence-corrected chi connectivity index (χ2v) is 6.08. The molecule has 0 radical (unpaired) electrons. The van der Waals surface area contributed by atoms with Crippen molar-refractivity contribution in [3.63, 3.8) is 0 Å². The molecule has 0 aliphatic rings. The van der Waals surface area contributed by atoms with Crippen LogP contribution in [0.4, 0.5) is 0 Å². The molecule has 2 heteroatoms. The molecule has 1 amide bonds. The lowest BCUT2D eigenvalue weighted by Gasteiger charge is -2.06. The molecule has 1 N–H and O–H groups in total. The Kier molecular flexibility index (Phi) is 8.01. The fraction of sp³-hybridized carbons (Fsp3) is 0.611. The van der Waals surface area contributed by atoms with Crippen LogP contribution in [0.5, 0.6) is 0 Å². The predicted molar refractivity (Wildman–Crippen MR) is 85.8 cm³/mol. The molecule has 0 aromatic heterocycles. The van der Waals surface area contributed by atoms with Gasteiger partial charge in [-0.25, -0.2) is 0 Å². The summed E-state index contributed by atoms with van der Waals surface area (Å²) in [4.78, 5) is 11.7. The van der Waals surface area contributed by atoms with E-state index in [0.717, 1.165) is 25.3 Å². The summed E-state index contributed by atoms with van der Waals surface area (Å²) in [5, 5.41) is 3.01. The van der Waals surface area contributed by atoms with Gasteiger partial charge in [0.15, 0.2) is 0 Å². The molecular formula is C18H29NO. The van der Waals surface area contributed by atoms with E-state index >= 15 is 0 Å². The maximum absolute atomic E-state index is 11.7. The lowest BCUT2D eigenvalue weighted by molar-refractivity contribution is -0.121. The minimum absolute atomic E-state index is 0.196. The van der Waals surface area contributed by atoms with Crippen LogP contribution in [0.25, 0.3) is 0 Å². The molecule has 0 bridgehead atoms. The number of benzene rings is 1. The largest absolute Gasteiger partial charge is 0.356 e. The summed E-state index contributed by atoms with van der Waals surface area (Å²) in [7, 11) is 0. The van der Waals surface area contributed by atoms with Crippen molar-refractivity contribution in [3.05, 3.63) is 35.4 Å². The minimum Gasteiger partial charge on any atom is -0.356 e. The molecule has 0 saturated carbocycles. The molecule has 0 fully saturated rings. The van der Waals surface area contributed by atoms with E-state index in [0.29, 0.717) is 6.42 Å². The number of rotatable bonds is 9. The van der Waals surface area contributed by atoms with E-state index in [-0.39, 0.29) is 5.91 Å². The van der Waals surface area contributed by atoms with Crippen LogP contribution >= 0.6 is 0 Å². The molecular weight excluding hydrogens is 246 g/mol. The average Bonchev–Trinajstić information content (AvgIpc) is 2.40. The van der Waals surface area contributed by atoms with Crippen LogP contribution in [-0.2, 0) is 11.2 Å². The molecule has 20 heavy (non-hydrogen) atoms. The molecule has 112 valence electrons. The Hall–Kier alpha value is -1.31. The zero-order valence-electron chi connectivity index (χ0n) is 13.2. The maximum Gasteiger partial charge on any atom is 0.220 e. The number of hydrogen-bond acceptors (Lipinski definition) is 1. The van der Waals surface area contributed by atoms with Gasteiger partial charge in [0.25, 0.3) is 0 Å². The highest BCUT2D eigenvalue weighted by atomic mass is 16.1. The van der Waals surface area contributed by atoms with Crippen molar-refractivity contribution in [1.82, 2.24) is 5.32 Å². The van der Waals surface area contributed by atoms with Crippen molar-refractivity contribution in [2.24, 2.45) is 5.92 Å². The van der Waals surface area contributed by atoms with Crippen LogP contribution in [0, 0.1) is 12.8 Å². The Morgan fingerprint density at radius 1 is 1.10 bits per heavy atom. The highest BCUT2D eigenvalue weighted by Gasteiger charge is 2.01. The van der Waals surface area contributed by atoms with Gasteiger partial charge >= 0.3 is 0 Å². The number of amides is 1. The maximum atomic E-state index is 11.7. The SMILES string of the molecule is Cc1ccc(CCNC(=O)CCCCCC(C)C)cc1. The summed E-state index contributed by atoms with van der Waals surface area (Å²) in [5.41, 5.74) is 2.56. The normalized spacial score (nSPS) is 10.8. The Bertz CT molecular complexity index is 381. The van der Waals surface area contributed by atoms with Crippen LogP contribution in [0.1, 0.15) is 57.1 Å². The number of aryl methyl sites for hydroxylation is 1. The van der Waals surface area contributed by atoms with Crippen molar-refractivity contribution in [2.75, 3.05) is 6.54 Å². The van der Waals surface area contributed by atoms with Gasteiger partial charge in [0.1, 0.15) is 0 Å². The lowest BCUT2D eigenvalue weighted by Crippen LogP contribution is -2.25. The second-order valence-electron chi connectivity index (χ2n) is 6.08. The smallest absolute Gasteiger partial charge is 0.220 e. The van der Waals surface area contributed by atoms with Crippen molar-refractivity contribution in [2.45, 2.75) is 59.3 Å². The van der Waals surface area contributed by atoms with E-state index in [9.17, 15) is 4.79 Å². The summed E-state index contributed by atoms with van der Waals surface area (Å²) >= 11 is 0. The zero-order valence-corrected chi connectivity index (χ0v) is 13.2. The molecule has 0 unspecified atom stereocenters. The molecule has 2 nitrogen and oxygen atoms in total. The summed E-state index contributed by atoms with van der Waals surface area (Å²) in [6.45, 7) is 7.33. The van der Waals surface area contributed by atoms with E-state index in [1.165, 1.54) is 30.4 Å². The third kappa shape index (κ3) is 7.98. The van der Waals surface area contributed by atoms with Crippen LogP contribution in [0.3, 0.4) is 0 Å². The summed E-state index contributed by atoms with van der Waals surface area (Å²) in [6.07, 6.45) is 6.29. The molecule has 0 saturated heterocycles. The standard InChI is InChI=1S/C18H29NO/c1-15(2)7-5-4-6-8-18(20)19-14-13-17-11-9-16(3)10-12-17/h9-12,15H,4-8,13-14H2,1-3H3,(H,19,20). The van der Waals surface area contributed by atoms with Crippen LogP contribution in [0.2, 0.25) is 0 Å². The van der Waals surface area contributed by atoms with Gasteiger partial charge in [-0.05, 0) is 31.2 Å². The van der Waals surface area contributed by atoms with Gasteiger partial charge in [-0.15, -0.1) is 0 Å². The van der Waals surface area contributed by atoms with Gasteiger partial charge < -0.3 is 5.32 Å². The van der Waals surface area contributed by atoms with Crippen molar-refractivity contribution in [3.8, 4) is 0 Å². The van der Waals surface area contributed by atoms with Crippen LogP contribution < -0.4 is 5.32 Å². The molecule has 1 rings (SSSR count). The highest BCUT2D eigenvalue weighted by molar-refractivity contribution is 5.75. The van der Waals surface area contributed by atoms with Gasteiger partial charge in [-0.2, -0.15) is 0 Å². The van der Waals surface area contributed by atoms with Gasteiger partial charge in [-0.1, -0.05) is 62.9 Å². The quantitative estimate of drug-likeness (QED) is 0.670. The first kappa shape index (κ1) is 16.7. The summed E-state index contributed by atoms with van der Waals surface area (Å²) < 4.78 is 0. The van der Waals surface area contributed by atoms with Crippen LogP contribution in [0.15, 0.2) is 24.3 Å². The van der Waals surface area contributed by atoms with Crippen molar-refractivity contribution >= 4 is 5.91 Å². The molecule has 0 aliphatic heterocycles. The van der Waals surface area contributed by atoms with Gasteiger partial charge in [0.05, 0.1) is 0 Å². The number of carbonyl (C=O) groups excluding carboxylic acids is 1. The summed E-state index contributed by atoms with van der Waals surface area (Å²) in [5.74, 6) is 0.972. The monoisotopic (exact) mass is 275 g/mol. The Balaban J connectivity index is 2.04. The van der Waals surface area contributed by atoms with E-state index in [1.54, 1.807) is 0 Å². The number of hydrogen-bond donors (Lipinski definition) is 1. The lowest BCUT2D eigenvalue weighted by atomic mass is 10.0. The van der Waals surface area contributed by atoms with E-state index < -0.39 is 0 Å². The fourth-order valence-electron chi connectivity index (χ4n) is 2.20. The average molecular weight is 275 g/mol. The molecule has 1 aromatic rings. The van der Waals surface area contributed by atoms with E-state index in [4.69, 9.17) is 0 Å².